The number of hydrogen-bond acceptors (Lipinski definition) is 5. The zero-order chi connectivity index (χ0) is 16.1. The lowest BCUT2D eigenvalue weighted by Crippen LogP contribution is -2.48. The number of aryl methyl sites for hydroxylation is 1. The summed E-state index contributed by atoms with van der Waals surface area (Å²) >= 11 is 0. The summed E-state index contributed by atoms with van der Waals surface area (Å²) in [6, 6.07) is 6.97. The minimum Gasteiger partial charge on any atom is -0.486 e. The van der Waals surface area contributed by atoms with Gasteiger partial charge in [-0.3, -0.25) is 4.79 Å². The number of rotatable bonds is 5. The monoisotopic (exact) mass is 316 g/mol. The first-order valence-electron chi connectivity index (χ1n) is 7.53. The van der Waals surface area contributed by atoms with Gasteiger partial charge in [0.25, 0.3) is 0 Å². The summed E-state index contributed by atoms with van der Waals surface area (Å²) in [7, 11) is 1.92. The van der Waals surface area contributed by atoms with E-state index in [1.54, 1.807) is 6.20 Å². The molecule has 7 heteroatoms. The fourth-order valence-corrected chi connectivity index (χ4v) is 2.28. The highest BCUT2D eigenvalue weighted by Crippen LogP contribution is 2.17. The van der Waals surface area contributed by atoms with Gasteiger partial charge in [-0.1, -0.05) is 0 Å². The molecule has 1 amide bonds. The summed E-state index contributed by atoms with van der Waals surface area (Å²) < 4.78 is 12.9. The normalized spacial score (nSPS) is 17.7. The predicted octanol–water partition coefficient (Wildman–Crippen LogP) is 0.926. The van der Waals surface area contributed by atoms with Crippen molar-refractivity contribution in [2.75, 3.05) is 25.1 Å². The molecule has 1 fully saturated rings. The summed E-state index contributed by atoms with van der Waals surface area (Å²) in [6.45, 7) is 2.14. The zero-order valence-electron chi connectivity index (χ0n) is 13.0. The molecule has 0 bridgehead atoms. The summed E-state index contributed by atoms with van der Waals surface area (Å²) in [5.41, 5.74) is 0.728. The molecule has 23 heavy (non-hydrogen) atoms. The molecule has 1 saturated heterocycles. The Morgan fingerprint density at radius 2 is 2.30 bits per heavy atom. The number of aromatic nitrogens is 2. The molecule has 1 aromatic heterocycles. The van der Waals surface area contributed by atoms with Crippen molar-refractivity contribution in [2.45, 2.75) is 12.6 Å². The standard InChI is InChI=1S/C16H20N4O3/c1-20-8-6-18-15(20)11-23-13-4-2-12(3-5-13)19-16(21)14-10-22-9-7-17-14/h2-6,8,14,17H,7,9-11H2,1H3,(H,19,21). The molecule has 1 aliphatic heterocycles. The minimum absolute atomic E-state index is 0.0913. The zero-order valence-corrected chi connectivity index (χ0v) is 13.0. The fraction of sp³-hybridized carbons (Fsp3) is 0.375. The number of imidazole rings is 1. The van der Waals surface area contributed by atoms with E-state index in [1.165, 1.54) is 0 Å². The molecule has 2 aromatic rings. The highest BCUT2D eigenvalue weighted by atomic mass is 16.5. The SMILES string of the molecule is Cn1ccnc1COc1ccc(NC(=O)C2COCCN2)cc1. The third-order valence-electron chi connectivity index (χ3n) is 3.65. The van der Waals surface area contributed by atoms with Gasteiger partial charge >= 0.3 is 0 Å². The number of carbonyl (C=O) groups excluding carboxylic acids is 1. The van der Waals surface area contributed by atoms with Crippen LogP contribution in [-0.2, 0) is 23.2 Å². The van der Waals surface area contributed by atoms with E-state index in [1.807, 2.05) is 42.1 Å². The van der Waals surface area contributed by atoms with Gasteiger partial charge in [-0.05, 0) is 24.3 Å². The number of amides is 1. The molecule has 0 radical (unpaired) electrons. The lowest BCUT2D eigenvalue weighted by molar-refractivity contribution is -0.120. The quantitative estimate of drug-likeness (QED) is 0.858. The third-order valence-corrected chi connectivity index (χ3v) is 3.65. The molecule has 0 saturated carbocycles. The van der Waals surface area contributed by atoms with Crippen LogP contribution in [0.1, 0.15) is 5.82 Å². The molecule has 1 atom stereocenters. The second-order valence-corrected chi connectivity index (χ2v) is 5.34. The smallest absolute Gasteiger partial charge is 0.243 e. The Balaban J connectivity index is 1.52. The Hall–Kier alpha value is -2.38. The van der Waals surface area contributed by atoms with Crippen molar-refractivity contribution >= 4 is 11.6 Å². The van der Waals surface area contributed by atoms with Gasteiger partial charge in [-0.15, -0.1) is 0 Å². The maximum absolute atomic E-state index is 12.1. The molecule has 2 N–H and O–H groups in total. The van der Waals surface area contributed by atoms with Gasteiger partial charge in [-0.2, -0.15) is 0 Å². The van der Waals surface area contributed by atoms with Crippen molar-refractivity contribution < 1.29 is 14.3 Å². The van der Waals surface area contributed by atoms with Crippen molar-refractivity contribution in [1.29, 1.82) is 0 Å². The molecule has 2 heterocycles. The Kier molecular flexibility index (Phi) is 4.89. The Morgan fingerprint density at radius 1 is 1.48 bits per heavy atom. The van der Waals surface area contributed by atoms with Gasteiger partial charge in [0, 0.05) is 31.7 Å². The molecule has 0 spiro atoms. The van der Waals surface area contributed by atoms with Crippen molar-refractivity contribution in [3.8, 4) is 5.75 Å². The van der Waals surface area contributed by atoms with Gasteiger partial charge in [-0.25, -0.2) is 4.98 Å². The maximum atomic E-state index is 12.1. The van der Waals surface area contributed by atoms with Crippen LogP contribution in [-0.4, -0.2) is 41.3 Å². The number of morpholine rings is 1. The lowest BCUT2D eigenvalue weighted by Gasteiger charge is -2.22. The van der Waals surface area contributed by atoms with Crippen LogP contribution < -0.4 is 15.4 Å². The number of hydrogen-bond donors (Lipinski definition) is 2. The van der Waals surface area contributed by atoms with Gasteiger partial charge in [0.1, 0.15) is 24.2 Å². The van der Waals surface area contributed by atoms with E-state index in [0.29, 0.717) is 26.4 Å². The van der Waals surface area contributed by atoms with Gasteiger partial charge in [0.15, 0.2) is 0 Å². The van der Waals surface area contributed by atoms with Crippen molar-refractivity contribution in [2.24, 2.45) is 7.05 Å². The van der Waals surface area contributed by atoms with E-state index < -0.39 is 0 Å². The molecule has 1 unspecified atom stereocenters. The Labute approximate surface area is 134 Å². The molecule has 122 valence electrons. The van der Waals surface area contributed by atoms with E-state index in [9.17, 15) is 4.79 Å². The van der Waals surface area contributed by atoms with Crippen LogP contribution >= 0.6 is 0 Å². The van der Waals surface area contributed by atoms with Gasteiger partial charge in [0.05, 0.1) is 13.2 Å². The van der Waals surface area contributed by atoms with Crippen LogP contribution in [0.3, 0.4) is 0 Å². The van der Waals surface area contributed by atoms with Crippen molar-refractivity contribution in [3.05, 3.63) is 42.5 Å². The Bertz CT molecular complexity index is 648. The van der Waals surface area contributed by atoms with Crippen LogP contribution in [0.25, 0.3) is 0 Å². The second kappa shape index (κ2) is 7.26. The largest absolute Gasteiger partial charge is 0.486 e. The number of ether oxygens (including phenoxy) is 2. The van der Waals surface area contributed by atoms with E-state index >= 15 is 0 Å². The topological polar surface area (TPSA) is 77.4 Å². The summed E-state index contributed by atoms with van der Waals surface area (Å²) in [6.07, 6.45) is 3.61. The van der Waals surface area contributed by atoms with Crippen LogP contribution in [0.15, 0.2) is 36.7 Å². The minimum atomic E-state index is -0.303. The van der Waals surface area contributed by atoms with E-state index in [2.05, 4.69) is 15.6 Å². The van der Waals surface area contributed by atoms with E-state index in [4.69, 9.17) is 9.47 Å². The molecular formula is C16H20N4O3. The number of benzene rings is 1. The molecular weight excluding hydrogens is 296 g/mol. The molecule has 1 aliphatic rings. The molecule has 0 aliphatic carbocycles. The maximum Gasteiger partial charge on any atom is 0.243 e. The van der Waals surface area contributed by atoms with Crippen molar-refractivity contribution in [1.82, 2.24) is 14.9 Å². The average molecular weight is 316 g/mol. The van der Waals surface area contributed by atoms with E-state index in [0.717, 1.165) is 17.3 Å². The second-order valence-electron chi connectivity index (χ2n) is 5.34. The lowest BCUT2D eigenvalue weighted by atomic mass is 10.2. The Morgan fingerprint density at radius 3 is 2.96 bits per heavy atom. The summed E-state index contributed by atoms with van der Waals surface area (Å²) in [5.74, 6) is 1.49. The number of anilines is 1. The highest BCUT2D eigenvalue weighted by Gasteiger charge is 2.20. The van der Waals surface area contributed by atoms with E-state index in [-0.39, 0.29) is 11.9 Å². The first-order valence-corrected chi connectivity index (χ1v) is 7.53. The van der Waals surface area contributed by atoms with Crippen molar-refractivity contribution in [3.63, 3.8) is 0 Å². The molecule has 1 aromatic carbocycles. The number of carbonyl (C=O) groups is 1. The summed E-state index contributed by atoms with van der Waals surface area (Å²) in [5, 5.41) is 5.98. The predicted molar refractivity (Wildman–Crippen MR) is 85.2 cm³/mol. The first kappa shape index (κ1) is 15.5. The summed E-state index contributed by atoms with van der Waals surface area (Å²) in [4.78, 5) is 16.3. The van der Waals surface area contributed by atoms with Crippen LogP contribution in [0.2, 0.25) is 0 Å². The first-order chi connectivity index (χ1) is 11.2. The van der Waals surface area contributed by atoms with Gasteiger partial charge in [0.2, 0.25) is 5.91 Å². The molecule has 3 rings (SSSR count). The molecule has 7 nitrogen and oxygen atoms in total. The van der Waals surface area contributed by atoms with Gasteiger partial charge < -0.3 is 24.7 Å². The number of nitrogens with zero attached hydrogens (tertiary/aromatic N) is 2. The van der Waals surface area contributed by atoms with Crippen LogP contribution in [0, 0.1) is 0 Å². The third kappa shape index (κ3) is 4.08. The van der Waals surface area contributed by atoms with Crippen LogP contribution in [0.5, 0.6) is 5.75 Å². The highest BCUT2D eigenvalue weighted by molar-refractivity contribution is 5.95. The van der Waals surface area contributed by atoms with Crippen LogP contribution in [0.4, 0.5) is 5.69 Å². The number of nitrogens with one attached hydrogen (secondary N) is 2. The average Bonchev–Trinajstić information content (AvgIpc) is 3.00. The fourth-order valence-electron chi connectivity index (χ4n) is 2.28.